The maximum Gasteiger partial charge on any atom is 0.237 e. The van der Waals surface area contributed by atoms with Crippen LogP contribution in [0.3, 0.4) is 0 Å². The average molecular weight is 315 g/mol. The van der Waals surface area contributed by atoms with Crippen LogP contribution in [-0.2, 0) is 9.59 Å². The Morgan fingerprint density at radius 1 is 0.957 bits per heavy atom. The summed E-state index contributed by atoms with van der Waals surface area (Å²) < 4.78 is 41.4. The monoisotopic (exact) mass is 315 g/mol. The van der Waals surface area contributed by atoms with Gasteiger partial charge in [0.2, 0.25) is 17.9 Å². The third kappa shape index (κ3) is 3.83. The van der Waals surface area contributed by atoms with Crippen LogP contribution in [0.25, 0.3) is 11.9 Å². The molecule has 0 saturated heterocycles. The standard InChI is InChI=1S/C18H10F3O2/c19-15-9-5-4-8-14(15)16(20)17(21)18(23)13(11-22)10-12-6-2-1-3-7-12/h1-10H. The number of benzene rings is 2. The number of halogens is 3. The van der Waals surface area contributed by atoms with Crippen LogP contribution in [0.5, 0.6) is 0 Å². The van der Waals surface area contributed by atoms with E-state index in [1.54, 1.807) is 30.3 Å². The number of ketones is 1. The molecule has 1 radical (unpaired) electrons. The Bertz CT molecular complexity index is 793. The van der Waals surface area contributed by atoms with E-state index in [1.165, 1.54) is 18.4 Å². The molecule has 5 heteroatoms. The van der Waals surface area contributed by atoms with Gasteiger partial charge < -0.3 is 0 Å². The van der Waals surface area contributed by atoms with E-state index in [2.05, 4.69) is 0 Å². The molecule has 0 fully saturated rings. The Labute approximate surface area is 130 Å². The van der Waals surface area contributed by atoms with E-state index < -0.39 is 34.4 Å². The highest BCUT2D eigenvalue weighted by atomic mass is 19.2. The maximum absolute atomic E-state index is 14.0. The van der Waals surface area contributed by atoms with Crippen LogP contribution < -0.4 is 0 Å². The molecule has 0 saturated carbocycles. The van der Waals surface area contributed by atoms with Crippen molar-refractivity contribution in [2.45, 2.75) is 0 Å². The predicted molar refractivity (Wildman–Crippen MR) is 80.7 cm³/mol. The van der Waals surface area contributed by atoms with E-state index >= 15 is 0 Å². The van der Waals surface area contributed by atoms with Crippen LogP contribution in [0, 0.1) is 5.82 Å². The second-order valence-corrected chi connectivity index (χ2v) is 4.51. The van der Waals surface area contributed by atoms with Gasteiger partial charge in [0.1, 0.15) is 5.82 Å². The molecule has 0 N–H and O–H groups in total. The van der Waals surface area contributed by atoms with E-state index in [1.807, 2.05) is 0 Å². The Morgan fingerprint density at radius 3 is 2.17 bits per heavy atom. The summed E-state index contributed by atoms with van der Waals surface area (Å²) in [5.41, 5.74) is -0.943. The first-order chi connectivity index (χ1) is 11.0. The van der Waals surface area contributed by atoms with Crippen molar-refractivity contribution in [2.75, 3.05) is 0 Å². The molecule has 0 bridgehead atoms. The topological polar surface area (TPSA) is 34.1 Å². The lowest BCUT2D eigenvalue weighted by Crippen LogP contribution is -2.06. The van der Waals surface area contributed by atoms with Crippen molar-refractivity contribution >= 4 is 24.0 Å². The smallest absolute Gasteiger partial charge is 0.237 e. The van der Waals surface area contributed by atoms with Gasteiger partial charge in [-0.3, -0.25) is 9.59 Å². The minimum atomic E-state index is -1.85. The molecule has 2 aromatic carbocycles. The molecule has 115 valence electrons. The molecule has 0 unspecified atom stereocenters. The Hall–Kier alpha value is -2.95. The van der Waals surface area contributed by atoms with Crippen LogP contribution >= 0.6 is 0 Å². The van der Waals surface area contributed by atoms with Gasteiger partial charge in [-0.05, 0) is 23.8 Å². The number of hydrogen-bond donors (Lipinski definition) is 0. The van der Waals surface area contributed by atoms with Crippen molar-refractivity contribution in [2.24, 2.45) is 0 Å². The molecular formula is C18H10F3O2. The minimum absolute atomic E-state index is 0.443. The number of Topliss-reactive ketones (excluding diaryl/α,β-unsaturated/α-hetero) is 1. The molecule has 2 aromatic rings. The van der Waals surface area contributed by atoms with Gasteiger partial charge in [-0.2, -0.15) is 4.39 Å². The molecule has 23 heavy (non-hydrogen) atoms. The molecule has 2 rings (SSSR count). The molecule has 0 amide bonds. The Balaban J connectivity index is 2.41. The highest BCUT2D eigenvalue weighted by Gasteiger charge is 2.23. The highest BCUT2D eigenvalue weighted by molar-refractivity contribution is 6.23. The van der Waals surface area contributed by atoms with E-state index in [9.17, 15) is 22.8 Å². The Morgan fingerprint density at radius 2 is 1.57 bits per heavy atom. The largest absolute Gasteiger partial charge is 0.286 e. The molecule has 2 nitrogen and oxygen atoms in total. The summed E-state index contributed by atoms with van der Waals surface area (Å²) in [7, 11) is 0. The molecule has 0 aliphatic rings. The lowest BCUT2D eigenvalue weighted by molar-refractivity contribution is -0.113. The number of carbonyl (C=O) groups excluding carboxylic acids is 2. The fraction of sp³-hybridized carbons (Fsp3) is 0. The summed E-state index contributed by atoms with van der Waals surface area (Å²) in [5.74, 6) is -6.02. The van der Waals surface area contributed by atoms with Crippen molar-refractivity contribution < 1.29 is 22.8 Å². The summed E-state index contributed by atoms with van der Waals surface area (Å²) in [5, 5.41) is 0. The highest BCUT2D eigenvalue weighted by Crippen LogP contribution is 2.26. The third-order valence-electron chi connectivity index (χ3n) is 2.97. The molecule has 0 aliphatic carbocycles. The van der Waals surface area contributed by atoms with Crippen molar-refractivity contribution in [1.29, 1.82) is 0 Å². The van der Waals surface area contributed by atoms with Crippen LogP contribution in [0.4, 0.5) is 13.2 Å². The van der Waals surface area contributed by atoms with E-state index in [-0.39, 0.29) is 0 Å². The lowest BCUT2D eigenvalue weighted by atomic mass is 10.1. The van der Waals surface area contributed by atoms with Gasteiger partial charge in [0, 0.05) is 5.56 Å². The van der Waals surface area contributed by atoms with Crippen LogP contribution in [0.2, 0.25) is 0 Å². The molecule has 0 aliphatic heterocycles. The summed E-state index contributed by atoms with van der Waals surface area (Å²) in [6.07, 6.45) is 2.35. The summed E-state index contributed by atoms with van der Waals surface area (Å²) in [6, 6.07) is 12.6. The molecule has 0 aromatic heterocycles. The summed E-state index contributed by atoms with van der Waals surface area (Å²) >= 11 is 0. The molecule has 0 atom stereocenters. The van der Waals surface area contributed by atoms with Crippen LogP contribution in [0.1, 0.15) is 11.1 Å². The van der Waals surface area contributed by atoms with E-state index in [4.69, 9.17) is 0 Å². The molecule has 0 heterocycles. The van der Waals surface area contributed by atoms with Crippen molar-refractivity contribution in [1.82, 2.24) is 0 Å². The van der Waals surface area contributed by atoms with Gasteiger partial charge in [-0.25, -0.2) is 8.78 Å². The van der Waals surface area contributed by atoms with Crippen molar-refractivity contribution in [3.63, 3.8) is 0 Å². The van der Waals surface area contributed by atoms with Gasteiger partial charge in [-0.15, -0.1) is 0 Å². The van der Waals surface area contributed by atoms with Gasteiger partial charge in [0.05, 0.1) is 5.57 Å². The van der Waals surface area contributed by atoms with Gasteiger partial charge in [0.25, 0.3) is 0 Å². The van der Waals surface area contributed by atoms with Crippen molar-refractivity contribution in [3.8, 4) is 0 Å². The first-order valence-electron chi connectivity index (χ1n) is 6.54. The molecular weight excluding hydrogens is 305 g/mol. The van der Waals surface area contributed by atoms with Crippen LogP contribution in [-0.4, -0.2) is 12.1 Å². The van der Waals surface area contributed by atoms with E-state index in [0.29, 0.717) is 5.56 Å². The normalized spacial score (nSPS) is 12.6. The minimum Gasteiger partial charge on any atom is -0.286 e. The Kier molecular flexibility index (Phi) is 5.25. The van der Waals surface area contributed by atoms with Gasteiger partial charge in [0.15, 0.2) is 5.83 Å². The number of carbonyl (C=O) groups is 1. The zero-order chi connectivity index (χ0) is 16.8. The fourth-order valence-electron chi connectivity index (χ4n) is 1.83. The zero-order valence-electron chi connectivity index (χ0n) is 11.7. The third-order valence-corrected chi connectivity index (χ3v) is 2.97. The maximum atomic E-state index is 14.0. The molecule has 0 spiro atoms. The zero-order valence-corrected chi connectivity index (χ0v) is 11.7. The summed E-state index contributed by atoms with van der Waals surface area (Å²) in [6.45, 7) is 0. The average Bonchev–Trinajstić information content (AvgIpc) is 2.59. The quantitative estimate of drug-likeness (QED) is 0.471. The number of rotatable bonds is 5. The van der Waals surface area contributed by atoms with Gasteiger partial charge >= 0.3 is 0 Å². The lowest BCUT2D eigenvalue weighted by Gasteiger charge is -2.02. The fourth-order valence-corrected chi connectivity index (χ4v) is 1.83. The van der Waals surface area contributed by atoms with E-state index in [0.717, 1.165) is 18.2 Å². The van der Waals surface area contributed by atoms with Gasteiger partial charge in [-0.1, -0.05) is 42.5 Å². The SMILES string of the molecule is O=[C]C(=Cc1ccccc1)C(=O)C(F)=C(F)c1ccccc1F. The van der Waals surface area contributed by atoms with Crippen LogP contribution in [0.15, 0.2) is 66.0 Å². The first kappa shape index (κ1) is 16.4. The summed E-state index contributed by atoms with van der Waals surface area (Å²) in [4.78, 5) is 22.8. The predicted octanol–water partition coefficient (Wildman–Crippen LogP) is 4.20. The second-order valence-electron chi connectivity index (χ2n) is 4.51. The number of allylic oxidation sites excluding steroid dienone is 2. The second kappa shape index (κ2) is 7.35. The number of hydrogen-bond acceptors (Lipinski definition) is 2. The van der Waals surface area contributed by atoms with Crippen molar-refractivity contribution in [3.05, 3.63) is 82.9 Å². The first-order valence-corrected chi connectivity index (χ1v) is 6.54.